The van der Waals surface area contributed by atoms with E-state index in [9.17, 15) is 9.18 Å². The molecule has 5 heteroatoms. The SMILES string of the molecule is CC(C)CC(CCO)CNC(=O)NC1CCc2cc(F)ccc21. The summed E-state index contributed by atoms with van der Waals surface area (Å²) in [4.78, 5) is 12.1. The molecular weight excluding hydrogens is 295 g/mol. The molecule has 3 N–H and O–H groups in total. The molecule has 1 aromatic carbocycles. The van der Waals surface area contributed by atoms with Crippen molar-refractivity contribution < 1.29 is 14.3 Å². The first-order chi connectivity index (χ1) is 11.0. The van der Waals surface area contributed by atoms with Crippen LogP contribution in [-0.2, 0) is 6.42 Å². The molecule has 0 fully saturated rings. The number of rotatable bonds is 7. The van der Waals surface area contributed by atoms with E-state index in [1.807, 2.05) is 0 Å². The van der Waals surface area contributed by atoms with Crippen LogP contribution < -0.4 is 10.6 Å². The lowest BCUT2D eigenvalue weighted by molar-refractivity contribution is 0.222. The highest BCUT2D eigenvalue weighted by Gasteiger charge is 2.24. The molecule has 1 aromatic rings. The van der Waals surface area contributed by atoms with Crippen molar-refractivity contribution in [3.63, 3.8) is 0 Å². The van der Waals surface area contributed by atoms with E-state index in [1.54, 1.807) is 12.1 Å². The van der Waals surface area contributed by atoms with Gasteiger partial charge >= 0.3 is 6.03 Å². The number of nitrogens with one attached hydrogen (secondary N) is 2. The molecule has 0 saturated heterocycles. The highest BCUT2D eigenvalue weighted by molar-refractivity contribution is 5.74. The molecule has 2 amide bonds. The molecule has 0 saturated carbocycles. The Balaban J connectivity index is 1.84. The fourth-order valence-corrected chi connectivity index (χ4v) is 3.33. The van der Waals surface area contributed by atoms with Crippen LogP contribution in [0.1, 0.15) is 50.3 Å². The Labute approximate surface area is 137 Å². The smallest absolute Gasteiger partial charge is 0.315 e. The van der Waals surface area contributed by atoms with Crippen molar-refractivity contribution in [1.29, 1.82) is 0 Å². The van der Waals surface area contributed by atoms with Crippen LogP contribution in [0.4, 0.5) is 9.18 Å². The Morgan fingerprint density at radius 1 is 1.43 bits per heavy atom. The average Bonchev–Trinajstić information content (AvgIpc) is 2.86. The molecule has 23 heavy (non-hydrogen) atoms. The van der Waals surface area contributed by atoms with Gasteiger partial charge in [0.1, 0.15) is 5.82 Å². The molecule has 1 aliphatic rings. The van der Waals surface area contributed by atoms with E-state index in [4.69, 9.17) is 5.11 Å². The molecular formula is C18H27FN2O2. The van der Waals surface area contributed by atoms with Crippen LogP contribution in [0.5, 0.6) is 0 Å². The van der Waals surface area contributed by atoms with E-state index in [1.165, 1.54) is 6.07 Å². The second-order valence-corrected chi connectivity index (χ2v) is 6.80. The van der Waals surface area contributed by atoms with Crippen molar-refractivity contribution in [3.05, 3.63) is 35.1 Å². The zero-order valence-corrected chi connectivity index (χ0v) is 13.9. The topological polar surface area (TPSA) is 61.4 Å². The maximum absolute atomic E-state index is 13.2. The first kappa shape index (κ1) is 17.7. The summed E-state index contributed by atoms with van der Waals surface area (Å²) in [6.07, 6.45) is 3.27. The predicted octanol–water partition coefficient (Wildman–Crippen LogP) is 3.16. The minimum Gasteiger partial charge on any atom is -0.396 e. The fraction of sp³-hybridized carbons (Fsp3) is 0.611. The minimum atomic E-state index is -0.227. The second kappa shape index (κ2) is 8.29. The van der Waals surface area contributed by atoms with E-state index < -0.39 is 0 Å². The Morgan fingerprint density at radius 3 is 2.91 bits per heavy atom. The molecule has 1 aliphatic carbocycles. The third kappa shape index (κ3) is 5.20. The standard InChI is InChI=1S/C18H27FN2O2/c1-12(2)9-13(7-8-22)11-20-18(23)21-17-6-3-14-10-15(19)4-5-16(14)17/h4-5,10,12-13,17,22H,3,6-9,11H2,1-2H3,(H2,20,21,23). The normalized spacial score (nSPS) is 17.9. The molecule has 4 nitrogen and oxygen atoms in total. The van der Waals surface area contributed by atoms with E-state index in [0.717, 1.165) is 30.4 Å². The lowest BCUT2D eigenvalue weighted by Gasteiger charge is -2.20. The van der Waals surface area contributed by atoms with Gasteiger partial charge in [-0.1, -0.05) is 19.9 Å². The van der Waals surface area contributed by atoms with Crippen molar-refractivity contribution >= 4 is 6.03 Å². The van der Waals surface area contributed by atoms with Gasteiger partial charge in [0.05, 0.1) is 6.04 Å². The van der Waals surface area contributed by atoms with Gasteiger partial charge in [0.2, 0.25) is 0 Å². The first-order valence-electron chi connectivity index (χ1n) is 8.43. The number of aliphatic hydroxyl groups is 1. The van der Waals surface area contributed by atoms with Crippen LogP contribution in [0.25, 0.3) is 0 Å². The molecule has 2 unspecified atom stereocenters. The summed E-state index contributed by atoms with van der Waals surface area (Å²) in [5, 5.41) is 15.0. The van der Waals surface area contributed by atoms with Crippen LogP contribution >= 0.6 is 0 Å². The minimum absolute atomic E-state index is 0.0491. The number of fused-ring (bicyclic) bond motifs is 1. The number of carbonyl (C=O) groups excluding carboxylic acids is 1. The van der Waals surface area contributed by atoms with E-state index in [-0.39, 0.29) is 30.4 Å². The van der Waals surface area contributed by atoms with Gasteiger partial charge in [-0.3, -0.25) is 0 Å². The lowest BCUT2D eigenvalue weighted by atomic mass is 9.94. The summed E-state index contributed by atoms with van der Waals surface area (Å²) >= 11 is 0. The fourth-order valence-electron chi connectivity index (χ4n) is 3.33. The van der Waals surface area contributed by atoms with Crippen molar-refractivity contribution in [3.8, 4) is 0 Å². The third-order valence-corrected chi connectivity index (χ3v) is 4.38. The van der Waals surface area contributed by atoms with E-state index in [2.05, 4.69) is 24.5 Å². The molecule has 128 valence electrons. The zero-order chi connectivity index (χ0) is 16.8. The summed E-state index contributed by atoms with van der Waals surface area (Å²) in [5.41, 5.74) is 1.99. The Kier molecular flexibility index (Phi) is 6.39. The second-order valence-electron chi connectivity index (χ2n) is 6.80. The number of amides is 2. The van der Waals surface area contributed by atoms with Crippen molar-refractivity contribution in [2.45, 2.75) is 45.6 Å². The maximum Gasteiger partial charge on any atom is 0.315 e. The highest BCUT2D eigenvalue weighted by Crippen LogP contribution is 2.31. The molecule has 2 atom stereocenters. The average molecular weight is 322 g/mol. The molecule has 2 rings (SSSR count). The van der Waals surface area contributed by atoms with Gasteiger partial charge < -0.3 is 15.7 Å². The van der Waals surface area contributed by atoms with Gasteiger partial charge in [-0.2, -0.15) is 0 Å². The van der Waals surface area contributed by atoms with Crippen molar-refractivity contribution in [2.75, 3.05) is 13.2 Å². The summed E-state index contributed by atoms with van der Waals surface area (Å²) in [6, 6.07) is 4.51. The largest absolute Gasteiger partial charge is 0.396 e. The van der Waals surface area contributed by atoms with Gasteiger partial charge in [0.15, 0.2) is 0 Å². The summed E-state index contributed by atoms with van der Waals surface area (Å²) in [7, 11) is 0. The number of halogens is 1. The van der Waals surface area contributed by atoms with Gasteiger partial charge in [-0.25, -0.2) is 9.18 Å². The van der Waals surface area contributed by atoms with Crippen LogP contribution in [0.15, 0.2) is 18.2 Å². The summed E-state index contributed by atoms with van der Waals surface area (Å²) in [5.74, 6) is 0.595. The summed E-state index contributed by atoms with van der Waals surface area (Å²) in [6.45, 7) is 4.98. The number of urea groups is 1. The molecule has 0 spiro atoms. The number of benzene rings is 1. The van der Waals surface area contributed by atoms with Crippen LogP contribution in [0.2, 0.25) is 0 Å². The van der Waals surface area contributed by atoms with Crippen molar-refractivity contribution in [2.24, 2.45) is 11.8 Å². The van der Waals surface area contributed by atoms with Crippen LogP contribution in [-0.4, -0.2) is 24.3 Å². The highest BCUT2D eigenvalue weighted by atomic mass is 19.1. The van der Waals surface area contributed by atoms with Gasteiger partial charge in [-0.15, -0.1) is 0 Å². The zero-order valence-electron chi connectivity index (χ0n) is 13.9. The van der Waals surface area contributed by atoms with Crippen molar-refractivity contribution in [1.82, 2.24) is 10.6 Å². The Morgan fingerprint density at radius 2 is 2.22 bits per heavy atom. The number of hydrogen-bond acceptors (Lipinski definition) is 2. The first-order valence-corrected chi connectivity index (χ1v) is 8.43. The van der Waals surface area contributed by atoms with Gasteiger partial charge in [0.25, 0.3) is 0 Å². The van der Waals surface area contributed by atoms with Crippen LogP contribution in [0.3, 0.4) is 0 Å². The Hall–Kier alpha value is -1.62. The lowest BCUT2D eigenvalue weighted by Crippen LogP contribution is -2.40. The molecule has 0 radical (unpaired) electrons. The van der Waals surface area contributed by atoms with Gasteiger partial charge in [0, 0.05) is 13.2 Å². The number of aliphatic hydroxyl groups excluding tert-OH is 1. The van der Waals surface area contributed by atoms with Crippen LogP contribution in [0, 0.1) is 17.7 Å². The van der Waals surface area contributed by atoms with E-state index in [0.29, 0.717) is 18.9 Å². The molecule has 0 heterocycles. The monoisotopic (exact) mass is 322 g/mol. The molecule has 0 bridgehead atoms. The number of aryl methyl sites for hydroxylation is 1. The Bertz CT molecular complexity index is 534. The summed E-state index contributed by atoms with van der Waals surface area (Å²) < 4.78 is 13.2. The predicted molar refractivity (Wildman–Crippen MR) is 88.6 cm³/mol. The number of hydrogen-bond donors (Lipinski definition) is 3. The third-order valence-electron chi connectivity index (χ3n) is 4.38. The molecule has 0 aromatic heterocycles. The molecule has 0 aliphatic heterocycles. The maximum atomic E-state index is 13.2. The number of carbonyl (C=O) groups is 1. The quantitative estimate of drug-likeness (QED) is 0.722. The van der Waals surface area contributed by atoms with E-state index >= 15 is 0 Å². The van der Waals surface area contributed by atoms with Gasteiger partial charge in [-0.05, 0) is 60.8 Å².